The Bertz CT molecular complexity index is 73.7. The van der Waals surface area contributed by atoms with Crippen LogP contribution in [0.2, 0.25) is 0 Å². The van der Waals surface area contributed by atoms with E-state index in [2.05, 4.69) is 29.2 Å². The summed E-state index contributed by atoms with van der Waals surface area (Å²) in [5.74, 6) is 0. The first-order valence-electron chi connectivity index (χ1n) is 3.70. The summed E-state index contributed by atoms with van der Waals surface area (Å²) in [5, 5.41) is 0. The Morgan fingerprint density at radius 3 is 2.50 bits per heavy atom. The van der Waals surface area contributed by atoms with Crippen molar-refractivity contribution < 1.29 is 4.74 Å². The highest BCUT2D eigenvalue weighted by Gasteiger charge is 1.87. The highest BCUT2D eigenvalue weighted by Crippen LogP contribution is 2.01. The SMILES string of the molecule is C=COCCCCCCI. The largest absolute Gasteiger partial charge is 0.502 e. The van der Waals surface area contributed by atoms with Crippen LogP contribution in [0.25, 0.3) is 0 Å². The predicted octanol–water partition coefficient (Wildman–Crippen LogP) is 3.14. The van der Waals surface area contributed by atoms with Gasteiger partial charge in [0.25, 0.3) is 0 Å². The molecule has 1 nitrogen and oxygen atoms in total. The summed E-state index contributed by atoms with van der Waals surface area (Å²) in [6.07, 6.45) is 6.65. The maximum Gasteiger partial charge on any atom is 0.0873 e. The second kappa shape index (κ2) is 9.27. The average molecular weight is 254 g/mol. The van der Waals surface area contributed by atoms with Crippen molar-refractivity contribution in [2.45, 2.75) is 25.7 Å². The minimum absolute atomic E-state index is 0.838. The molecular weight excluding hydrogens is 239 g/mol. The van der Waals surface area contributed by atoms with Gasteiger partial charge in [-0.05, 0) is 17.3 Å². The van der Waals surface area contributed by atoms with Crippen molar-refractivity contribution >= 4 is 22.6 Å². The number of alkyl halides is 1. The van der Waals surface area contributed by atoms with Gasteiger partial charge in [0, 0.05) is 0 Å². The van der Waals surface area contributed by atoms with Crippen molar-refractivity contribution in [1.82, 2.24) is 0 Å². The van der Waals surface area contributed by atoms with Gasteiger partial charge in [-0.3, -0.25) is 0 Å². The number of hydrogen-bond donors (Lipinski definition) is 0. The highest BCUT2D eigenvalue weighted by molar-refractivity contribution is 14.1. The molecule has 0 saturated heterocycles. The Morgan fingerprint density at radius 1 is 1.20 bits per heavy atom. The molecule has 60 valence electrons. The molecule has 10 heavy (non-hydrogen) atoms. The summed E-state index contributed by atoms with van der Waals surface area (Å²) in [6.45, 7) is 4.31. The molecule has 0 saturated carbocycles. The molecule has 0 N–H and O–H groups in total. The number of unbranched alkanes of at least 4 members (excludes halogenated alkanes) is 3. The molecule has 0 aromatic carbocycles. The van der Waals surface area contributed by atoms with Gasteiger partial charge >= 0.3 is 0 Å². The molecule has 0 aromatic rings. The van der Waals surface area contributed by atoms with Crippen molar-refractivity contribution in [2.75, 3.05) is 11.0 Å². The van der Waals surface area contributed by atoms with Crippen LogP contribution in [-0.2, 0) is 4.74 Å². The van der Waals surface area contributed by atoms with E-state index in [9.17, 15) is 0 Å². The zero-order valence-corrected chi connectivity index (χ0v) is 8.47. The molecule has 0 heterocycles. The summed E-state index contributed by atoms with van der Waals surface area (Å²) >= 11 is 2.41. The summed E-state index contributed by atoms with van der Waals surface area (Å²) in [7, 11) is 0. The Morgan fingerprint density at radius 2 is 1.90 bits per heavy atom. The lowest BCUT2D eigenvalue weighted by Crippen LogP contribution is -1.87. The standard InChI is InChI=1S/C8H15IO/c1-2-10-8-6-4-3-5-7-9/h2H,1,3-8H2. The molecule has 0 bridgehead atoms. The third kappa shape index (κ3) is 8.27. The fourth-order valence-electron chi connectivity index (χ4n) is 0.717. The fourth-order valence-corrected chi connectivity index (χ4v) is 1.26. The maximum atomic E-state index is 4.98. The van der Waals surface area contributed by atoms with Gasteiger partial charge in [-0.2, -0.15) is 0 Å². The van der Waals surface area contributed by atoms with Crippen LogP contribution < -0.4 is 0 Å². The molecule has 0 fully saturated rings. The Labute approximate surface area is 77.0 Å². The number of ether oxygens (including phenoxy) is 1. The molecule has 0 unspecified atom stereocenters. The van der Waals surface area contributed by atoms with Crippen molar-refractivity contribution in [3.05, 3.63) is 12.8 Å². The summed E-state index contributed by atoms with van der Waals surface area (Å²) in [6, 6.07) is 0. The summed E-state index contributed by atoms with van der Waals surface area (Å²) in [5.41, 5.74) is 0. The third-order valence-electron chi connectivity index (χ3n) is 1.26. The first-order valence-corrected chi connectivity index (χ1v) is 5.23. The van der Waals surface area contributed by atoms with Crippen molar-refractivity contribution in [3.8, 4) is 0 Å². The minimum atomic E-state index is 0.838. The minimum Gasteiger partial charge on any atom is -0.502 e. The molecule has 2 heteroatoms. The van der Waals surface area contributed by atoms with Gasteiger partial charge in [0.15, 0.2) is 0 Å². The number of hydrogen-bond acceptors (Lipinski definition) is 1. The Kier molecular flexibility index (Phi) is 9.52. The van der Waals surface area contributed by atoms with Crippen LogP contribution in [0.3, 0.4) is 0 Å². The molecule has 0 amide bonds. The van der Waals surface area contributed by atoms with Gasteiger partial charge in [0.1, 0.15) is 0 Å². The smallest absolute Gasteiger partial charge is 0.0873 e. The molecule has 0 rings (SSSR count). The lowest BCUT2D eigenvalue weighted by atomic mass is 10.2. The van der Waals surface area contributed by atoms with Crippen LogP contribution in [0.1, 0.15) is 25.7 Å². The normalized spacial score (nSPS) is 9.30. The van der Waals surface area contributed by atoms with E-state index in [-0.39, 0.29) is 0 Å². The third-order valence-corrected chi connectivity index (χ3v) is 2.03. The van der Waals surface area contributed by atoms with E-state index in [4.69, 9.17) is 4.74 Å². The van der Waals surface area contributed by atoms with E-state index in [1.165, 1.54) is 36.4 Å². The monoisotopic (exact) mass is 254 g/mol. The van der Waals surface area contributed by atoms with E-state index in [0.29, 0.717) is 0 Å². The van der Waals surface area contributed by atoms with Crippen molar-refractivity contribution in [3.63, 3.8) is 0 Å². The first-order chi connectivity index (χ1) is 4.91. The van der Waals surface area contributed by atoms with Crippen LogP contribution in [0.5, 0.6) is 0 Å². The molecular formula is C8H15IO. The summed E-state index contributed by atoms with van der Waals surface area (Å²) in [4.78, 5) is 0. The quantitative estimate of drug-likeness (QED) is 0.293. The molecule has 0 aliphatic rings. The van der Waals surface area contributed by atoms with E-state index < -0.39 is 0 Å². The fraction of sp³-hybridized carbons (Fsp3) is 0.750. The second-order valence-corrected chi connectivity index (χ2v) is 3.22. The molecule has 0 radical (unpaired) electrons. The zero-order valence-electron chi connectivity index (χ0n) is 6.31. The Balaban J connectivity index is 2.70. The van der Waals surface area contributed by atoms with Gasteiger partial charge in [0.2, 0.25) is 0 Å². The van der Waals surface area contributed by atoms with Gasteiger partial charge in [0.05, 0.1) is 12.9 Å². The van der Waals surface area contributed by atoms with E-state index in [0.717, 1.165) is 6.61 Å². The lowest BCUT2D eigenvalue weighted by Gasteiger charge is -1.98. The second-order valence-electron chi connectivity index (χ2n) is 2.14. The van der Waals surface area contributed by atoms with E-state index in [1.807, 2.05) is 0 Å². The molecule has 0 aliphatic heterocycles. The van der Waals surface area contributed by atoms with Crippen LogP contribution >= 0.6 is 22.6 Å². The van der Waals surface area contributed by atoms with Crippen molar-refractivity contribution in [2.24, 2.45) is 0 Å². The molecule has 0 aliphatic carbocycles. The summed E-state index contributed by atoms with van der Waals surface area (Å²) < 4.78 is 6.25. The highest BCUT2D eigenvalue weighted by atomic mass is 127. The van der Waals surface area contributed by atoms with Gasteiger partial charge in [-0.1, -0.05) is 42.0 Å². The molecule has 0 atom stereocenters. The van der Waals surface area contributed by atoms with Gasteiger partial charge in [-0.25, -0.2) is 0 Å². The predicted molar refractivity (Wildman–Crippen MR) is 53.5 cm³/mol. The number of rotatable bonds is 7. The topological polar surface area (TPSA) is 9.23 Å². The van der Waals surface area contributed by atoms with Gasteiger partial charge < -0.3 is 4.74 Å². The number of halogens is 1. The van der Waals surface area contributed by atoms with Crippen LogP contribution in [0, 0.1) is 0 Å². The van der Waals surface area contributed by atoms with Crippen LogP contribution in [0.4, 0.5) is 0 Å². The van der Waals surface area contributed by atoms with E-state index >= 15 is 0 Å². The van der Waals surface area contributed by atoms with Crippen LogP contribution in [0.15, 0.2) is 12.8 Å². The van der Waals surface area contributed by atoms with Crippen molar-refractivity contribution in [1.29, 1.82) is 0 Å². The van der Waals surface area contributed by atoms with E-state index in [1.54, 1.807) is 0 Å². The maximum absolute atomic E-state index is 4.98. The zero-order chi connectivity index (χ0) is 7.66. The van der Waals surface area contributed by atoms with Gasteiger partial charge in [-0.15, -0.1) is 0 Å². The molecule has 0 aromatic heterocycles. The molecule has 0 spiro atoms. The Hall–Kier alpha value is 0.270. The lowest BCUT2D eigenvalue weighted by molar-refractivity contribution is 0.242. The first kappa shape index (κ1) is 10.3. The average Bonchev–Trinajstić information content (AvgIpc) is 1.97. The van der Waals surface area contributed by atoms with Crippen LogP contribution in [-0.4, -0.2) is 11.0 Å².